The first-order valence-corrected chi connectivity index (χ1v) is 11.0. The normalized spacial score (nSPS) is 19.9. The molecule has 1 fully saturated rings. The highest BCUT2D eigenvalue weighted by atomic mass is 32.2. The zero-order valence-electron chi connectivity index (χ0n) is 17.0. The smallest absolute Gasteiger partial charge is 0.271 e. The van der Waals surface area contributed by atoms with Crippen molar-refractivity contribution in [1.29, 1.82) is 5.26 Å². The van der Waals surface area contributed by atoms with E-state index in [-0.39, 0.29) is 23.9 Å². The van der Waals surface area contributed by atoms with E-state index in [2.05, 4.69) is 10.4 Å². The lowest BCUT2D eigenvalue weighted by Gasteiger charge is -2.22. The Balaban J connectivity index is 1.50. The highest BCUT2D eigenvalue weighted by Crippen LogP contribution is 2.28. The Bertz CT molecular complexity index is 1110. The minimum absolute atomic E-state index is 0.0776. The number of hydrogen-bond donors (Lipinski definition) is 2. The molecule has 0 aliphatic carbocycles. The summed E-state index contributed by atoms with van der Waals surface area (Å²) in [7, 11) is 0. The van der Waals surface area contributed by atoms with Crippen LogP contribution in [0, 0.1) is 11.3 Å². The molecule has 2 heterocycles. The van der Waals surface area contributed by atoms with Crippen LogP contribution in [-0.4, -0.2) is 52.0 Å². The van der Waals surface area contributed by atoms with Gasteiger partial charge < -0.3 is 16.0 Å². The fourth-order valence-electron chi connectivity index (χ4n) is 3.56. The number of hydrazone groups is 1. The number of nitrogens with zero attached hydrogens (tertiary/aromatic N) is 4. The van der Waals surface area contributed by atoms with Crippen molar-refractivity contribution in [1.82, 2.24) is 4.90 Å². The first-order chi connectivity index (χ1) is 15.5. The van der Waals surface area contributed by atoms with Gasteiger partial charge in [-0.2, -0.15) is 10.4 Å². The average molecular weight is 449 g/mol. The van der Waals surface area contributed by atoms with Crippen molar-refractivity contribution in [3.05, 3.63) is 60.2 Å². The summed E-state index contributed by atoms with van der Waals surface area (Å²) < 4.78 is 0. The van der Waals surface area contributed by atoms with Gasteiger partial charge in [-0.05, 0) is 36.4 Å². The van der Waals surface area contributed by atoms with E-state index in [0.29, 0.717) is 28.6 Å². The summed E-state index contributed by atoms with van der Waals surface area (Å²) in [5.41, 5.74) is 7.44. The fraction of sp³-hybridized carbons (Fsp3) is 0.227. The molecule has 2 aliphatic heterocycles. The zero-order chi connectivity index (χ0) is 22.7. The Hall–Kier alpha value is -3.84. The molecule has 2 unspecified atom stereocenters. The molecule has 162 valence electrons. The molecule has 4 rings (SSSR count). The maximum Gasteiger partial charge on any atom is 0.271 e. The topological polar surface area (TPSA) is 132 Å². The Morgan fingerprint density at radius 3 is 2.47 bits per heavy atom. The molecule has 32 heavy (non-hydrogen) atoms. The Morgan fingerprint density at radius 1 is 1.09 bits per heavy atom. The Kier molecular flexibility index (Phi) is 6.09. The van der Waals surface area contributed by atoms with Gasteiger partial charge in [0.25, 0.3) is 5.91 Å². The van der Waals surface area contributed by atoms with Crippen molar-refractivity contribution in [2.75, 3.05) is 22.0 Å². The van der Waals surface area contributed by atoms with Crippen LogP contribution in [0.4, 0.5) is 11.4 Å². The van der Waals surface area contributed by atoms with E-state index in [1.807, 2.05) is 24.3 Å². The lowest BCUT2D eigenvalue weighted by molar-refractivity contribution is -0.131. The molecule has 0 bridgehead atoms. The molecule has 9 nitrogen and oxygen atoms in total. The largest absolute Gasteiger partial charge is 0.368 e. The zero-order valence-corrected chi connectivity index (χ0v) is 17.8. The van der Waals surface area contributed by atoms with E-state index < -0.39 is 18.0 Å². The van der Waals surface area contributed by atoms with E-state index in [4.69, 9.17) is 11.0 Å². The predicted molar refractivity (Wildman–Crippen MR) is 122 cm³/mol. The molecular weight excluding hydrogens is 428 g/mol. The third kappa shape index (κ3) is 4.29. The first-order valence-electron chi connectivity index (χ1n) is 9.88. The molecule has 0 radical (unpaired) electrons. The number of nitrogens with two attached hydrogens (primary N) is 1. The second-order valence-corrected chi connectivity index (χ2v) is 8.32. The van der Waals surface area contributed by atoms with Gasteiger partial charge in [0.15, 0.2) is 0 Å². The number of benzene rings is 2. The maximum atomic E-state index is 13.2. The van der Waals surface area contributed by atoms with Gasteiger partial charge in [0.05, 0.1) is 23.2 Å². The van der Waals surface area contributed by atoms with Crippen LogP contribution in [0.15, 0.2) is 59.7 Å². The molecule has 2 atom stereocenters. The molecule has 0 saturated carbocycles. The minimum atomic E-state index is -0.766. The number of primary amides is 1. The molecule has 2 aliphatic rings. The monoisotopic (exact) mass is 448 g/mol. The molecule has 2 aromatic rings. The van der Waals surface area contributed by atoms with Crippen molar-refractivity contribution in [2.45, 2.75) is 18.5 Å². The third-order valence-electron chi connectivity index (χ3n) is 5.23. The van der Waals surface area contributed by atoms with Crippen molar-refractivity contribution < 1.29 is 14.4 Å². The van der Waals surface area contributed by atoms with Gasteiger partial charge >= 0.3 is 0 Å². The molecule has 1 saturated heterocycles. The summed E-state index contributed by atoms with van der Waals surface area (Å²) in [6.07, 6.45) is 0.0776. The first kappa shape index (κ1) is 21.4. The lowest BCUT2D eigenvalue weighted by atomic mass is 10.1. The van der Waals surface area contributed by atoms with Crippen LogP contribution in [-0.2, 0) is 14.4 Å². The summed E-state index contributed by atoms with van der Waals surface area (Å²) in [5.74, 6) is -0.498. The van der Waals surface area contributed by atoms with Crippen LogP contribution >= 0.6 is 11.8 Å². The molecular formula is C22H20N6O3S. The van der Waals surface area contributed by atoms with Crippen LogP contribution in [0.25, 0.3) is 0 Å². The lowest BCUT2D eigenvalue weighted by Crippen LogP contribution is -2.47. The van der Waals surface area contributed by atoms with Crippen molar-refractivity contribution in [3.63, 3.8) is 0 Å². The van der Waals surface area contributed by atoms with Crippen molar-refractivity contribution in [3.8, 4) is 6.07 Å². The van der Waals surface area contributed by atoms with Crippen LogP contribution in [0.3, 0.4) is 0 Å². The van der Waals surface area contributed by atoms with E-state index in [0.717, 1.165) is 0 Å². The van der Waals surface area contributed by atoms with Crippen molar-refractivity contribution in [2.24, 2.45) is 10.8 Å². The maximum absolute atomic E-state index is 13.2. The second kappa shape index (κ2) is 9.11. The number of nitriles is 1. The molecule has 0 aromatic heterocycles. The van der Waals surface area contributed by atoms with Gasteiger partial charge in [-0.25, -0.2) is 0 Å². The minimum Gasteiger partial charge on any atom is -0.368 e. The van der Waals surface area contributed by atoms with Gasteiger partial charge in [0.2, 0.25) is 11.8 Å². The molecule has 10 heteroatoms. The summed E-state index contributed by atoms with van der Waals surface area (Å²) >= 11 is 1.47. The van der Waals surface area contributed by atoms with Crippen molar-refractivity contribution >= 4 is 46.6 Å². The number of carbonyl (C=O) groups is 3. The fourth-order valence-corrected chi connectivity index (χ4v) is 4.71. The highest BCUT2D eigenvalue weighted by Gasteiger charge is 2.41. The van der Waals surface area contributed by atoms with Crippen LogP contribution in [0.2, 0.25) is 0 Å². The third-order valence-corrected chi connectivity index (χ3v) is 6.25. The number of thioether (sulfide) groups is 1. The van der Waals surface area contributed by atoms with E-state index >= 15 is 0 Å². The van der Waals surface area contributed by atoms with Crippen LogP contribution in [0.1, 0.15) is 12.0 Å². The number of anilines is 2. The summed E-state index contributed by atoms with van der Waals surface area (Å²) in [6, 6.07) is 16.1. The number of hydrogen-bond acceptors (Lipinski definition) is 7. The number of rotatable bonds is 5. The number of nitrogens with one attached hydrogen (secondary N) is 1. The molecule has 3 N–H and O–H groups in total. The standard InChI is InChI=1S/C22H20N6O3S/c23-11-14-6-8-15(9-7-14)25-21(30)19-12-32-13-27(19)22(31)17-10-18(20(24)29)28(26-17)16-4-2-1-3-5-16/h1-9,18-19H,10,12-13H2,(H2,24,29)(H,25,30). The van der Waals surface area contributed by atoms with E-state index in [1.165, 1.54) is 21.7 Å². The van der Waals surface area contributed by atoms with Gasteiger partial charge in [-0.3, -0.25) is 19.4 Å². The van der Waals surface area contributed by atoms with Gasteiger partial charge in [0.1, 0.15) is 17.8 Å². The second-order valence-electron chi connectivity index (χ2n) is 7.32. The number of para-hydroxylation sites is 1. The van der Waals surface area contributed by atoms with E-state index in [9.17, 15) is 14.4 Å². The molecule has 2 aromatic carbocycles. The van der Waals surface area contributed by atoms with Crippen LogP contribution < -0.4 is 16.1 Å². The highest BCUT2D eigenvalue weighted by molar-refractivity contribution is 7.99. The van der Waals surface area contributed by atoms with Gasteiger partial charge in [-0.15, -0.1) is 11.8 Å². The van der Waals surface area contributed by atoms with Crippen LogP contribution in [0.5, 0.6) is 0 Å². The molecule has 0 spiro atoms. The average Bonchev–Trinajstić information content (AvgIpc) is 3.48. The Morgan fingerprint density at radius 2 is 1.81 bits per heavy atom. The quantitative estimate of drug-likeness (QED) is 0.713. The van der Waals surface area contributed by atoms with E-state index in [1.54, 1.807) is 36.4 Å². The summed E-state index contributed by atoms with van der Waals surface area (Å²) in [6.45, 7) is 0. The predicted octanol–water partition coefficient (Wildman–Crippen LogP) is 1.52. The van der Waals surface area contributed by atoms with Gasteiger partial charge in [0, 0.05) is 17.9 Å². The number of carbonyl (C=O) groups excluding carboxylic acids is 3. The summed E-state index contributed by atoms with van der Waals surface area (Å²) in [4.78, 5) is 39.5. The number of amides is 3. The summed E-state index contributed by atoms with van der Waals surface area (Å²) in [5, 5.41) is 17.5. The Labute approximate surface area is 188 Å². The van der Waals surface area contributed by atoms with Gasteiger partial charge in [-0.1, -0.05) is 18.2 Å². The SMILES string of the molecule is N#Cc1ccc(NC(=O)C2CSCN2C(=O)C2=NN(c3ccccc3)C(C(N)=O)C2)cc1. The molecule has 3 amide bonds.